The SMILES string of the molecule is Cc1cc(C)c(NC(CN(PSC(C)/C=C/c2ccccc2)c2c(C)cc(C)cc2C)c2ccccc2)c(C)c1. The predicted octanol–water partition coefficient (Wildman–Crippen LogP) is 10.5. The Labute approximate surface area is 247 Å². The van der Waals surface area contributed by atoms with Crippen LogP contribution < -0.4 is 9.99 Å². The van der Waals surface area contributed by atoms with Crippen LogP contribution in [0.25, 0.3) is 6.08 Å². The second kappa shape index (κ2) is 14.1. The number of anilines is 2. The fraction of sp³-hybridized carbons (Fsp3) is 0.278. The fourth-order valence-electron chi connectivity index (χ4n) is 5.45. The van der Waals surface area contributed by atoms with Gasteiger partial charge in [-0.25, -0.2) is 0 Å². The van der Waals surface area contributed by atoms with E-state index in [1.807, 2.05) is 11.4 Å². The van der Waals surface area contributed by atoms with E-state index in [4.69, 9.17) is 0 Å². The van der Waals surface area contributed by atoms with Gasteiger partial charge >= 0.3 is 0 Å². The van der Waals surface area contributed by atoms with Gasteiger partial charge in [0, 0.05) is 31.1 Å². The van der Waals surface area contributed by atoms with Crippen molar-refractivity contribution in [2.75, 3.05) is 16.5 Å². The summed E-state index contributed by atoms with van der Waals surface area (Å²) in [7, 11) is 0.588. The monoisotopic (exact) mass is 566 g/mol. The number of benzene rings is 4. The highest BCUT2D eigenvalue weighted by Gasteiger charge is 2.22. The van der Waals surface area contributed by atoms with Gasteiger partial charge in [-0.3, -0.25) is 0 Å². The van der Waals surface area contributed by atoms with E-state index in [1.54, 1.807) is 0 Å². The quantitative estimate of drug-likeness (QED) is 0.182. The molecule has 4 aromatic carbocycles. The van der Waals surface area contributed by atoms with Gasteiger partial charge < -0.3 is 9.99 Å². The molecule has 3 atom stereocenters. The molecule has 0 saturated heterocycles. The second-order valence-electron chi connectivity index (χ2n) is 10.9. The Bertz CT molecular complexity index is 1390. The Kier molecular flexibility index (Phi) is 10.5. The molecule has 4 heteroatoms. The summed E-state index contributed by atoms with van der Waals surface area (Å²) in [5, 5.41) is 4.38. The maximum atomic E-state index is 3.98. The van der Waals surface area contributed by atoms with Crippen LogP contribution in [0.1, 0.15) is 57.5 Å². The topological polar surface area (TPSA) is 15.3 Å². The molecule has 0 aliphatic rings. The Balaban J connectivity index is 1.65. The van der Waals surface area contributed by atoms with Crippen LogP contribution in [0.5, 0.6) is 0 Å². The molecule has 0 fully saturated rings. The van der Waals surface area contributed by atoms with Crippen LogP contribution in [-0.4, -0.2) is 11.8 Å². The molecule has 0 amide bonds. The number of hydrogen-bond donors (Lipinski definition) is 1. The molecule has 3 unspecified atom stereocenters. The predicted molar refractivity (Wildman–Crippen MR) is 182 cm³/mol. The van der Waals surface area contributed by atoms with Crippen molar-refractivity contribution in [3.05, 3.63) is 136 Å². The third-order valence-electron chi connectivity index (χ3n) is 7.18. The van der Waals surface area contributed by atoms with Gasteiger partial charge in [0.1, 0.15) is 0 Å². The van der Waals surface area contributed by atoms with E-state index >= 15 is 0 Å². The van der Waals surface area contributed by atoms with Crippen molar-refractivity contribution < 1.29 is 0 Å². The van der Waals surface area contributed by atoms with Gasteiger partial charge in [-0.2, -0.15) is 0 Å². The molecule has 0 spiro atoms. The first-order chi connectivity index (χ1) is 19.2. The van der Waals surface area contributed by atoms with Crippen LogP contribution in [0.4, 0.5) is 11.4 Å². The van der Waals surface area contributed by atoms with Gasteiger partial charge in [0.2, 0.25) is 0 Å². The van der Waals surface area contributed by atoms with Crippen LogP contribution in [0.2, 0.25) is 0 Å². The average Bonchev–Trinajstić information content (AvgIpc) is 2.92. The van der Waals surface area contributed by atoms with Gasteiger partial charge in [0.25, 0.3) is 0 Å². The standard InChI is InChI=1S/C36H43N2PS/c1-25-20-27(3)35(28(4)21-25)37-34(33-16-12-9-13-17-33)24-38(36-29(5)22-26(2)23-30(36)6)39-40-31(7)18-19-32-14-10-8-11-15-32/h8-23,31,34,37,39H,24H2,1-7H3/b19-18+. The zero-order valence-electron chi connectivity index (χ0n) is 25.0. The highest BCUT2D eigenvalue weighted by atomic mass is 32.7. The van der Waals surface area contributed by atoms with Gasteiger partial charge in [-0.15, -0.1) is 11.4 Å². The second-order valence-corrected chi connectivity index (χ2v) is 13.9. The van der Waals surface area contributed by atoms with Crippen molar-refractivity contribution in [2.45, 2.75) is 59.8 Å². The molecule has 0 aromatic heterocycles. The van der Waals surface area contributed by atoms with Gasteiger partial charge in [-0.1, -0.05) is 108 Å². The maximum absolute atomic E-state index is 3.98. The highest BCUT2D eigenvalue weighted by molar-refractivity contribution is 8.50. The minimum absolute atomic E-state index is 0.143. The van der Waals surface area contributed by atoms with E-state index in [0.717, 1.165) is 6.54 Å². The molecular weight excluding hydrogens is 523 g/mol. The Hall–Kier alpha value is -3.00. The number of aryl methyl sites for hydroxylation is 6. The van der Waals surface area contributed by atoms with Gasteiger partial charge in [-0.05, 0) is 81.8 Å². The molecule has 40 heavy (non-hydrogen) atoms. The lowest BCUT2D eigenvalue weighted by Gasteiger charge is -2.33. The molecule has 2 nitrogen and oxygen atoms in total. The van der Waals surface area contributed by atoms with E-state index in [-0.39, 0.29) is 6.04 Å². The molecule has 0 saturated carbocycles. The summed E-state index contributed by atoms with van der Waals surface area (Å²) in [4.78, 5) is 0. The van der Waals surface area contributed by atoms with Crippen LogP contribution >= 0.6 is 19.3 Å². The van der Waals surface area contributed by atoms with Crippen molar-refractivity contribution in [3.8, 4) is 0 Å². The van der Waals surface area contributed by atoms with Crippen molar-refractivity contribution in [3.63, 3.8) is 0 Å². The fourth-order valence-corrected chi connectivity index (χ4v) is 8.22. The smallest absolute Gasteiger partial charge is 0.0692 e. The summed E-state index contributed by atoms with van der Waals surface area (Å²) >= 11 is 2.01. The first kappa shape index (κ1) is 30.0. The van der Waals surface area contributed by atoms with E-state index in [9.17, 15) is 0 Å². The van der Waals surface area contributed by atoms with E-state index in [2.05, 4.69) is 156 Å². The van der Waals surface area contributed by atoms with E-state index in [0.29, 0.717) is 13.2 Å². The lowest BCUT2D eigenvalue weighted by Crippen LogP contribution is -2.27. The molecule has 0 aliphatic carbocycles. The zero-order chi connectivity index (χ0) is 28.6. The van der Waals surface area contributed by atoms with Gasteiger partial charge in [0.05, 0.1) is 6.04 Å². The summed E-state index contributed by atoms with van der Waals surface area (Å²) in [5.74, 6) is 0. The van der Waals surface area contributed by atoms with E-state index < -0.39 is 0 Å². The van der Waals surface area contributed by atoms with Crippen LogP contribution in [-0.2, 0) is 0 Å². The normalized spacial score (nSPS) is 13.2. The van der Waals surface area contributed by atoms with Crippen LogP contribution in [0.15, 0.2) is 91.0 Å². The molecule has 4 rings (SSSR count). The number of nitrogens with zero attached hydrogens (tertiary/aromatic N) is 1. The van der Waals surface area contributed by atoms with Gasteiger partial charge in [0.15, 0.2) is 0 Å². The maximum Gasteiger partial charge on any atom is 0.0692 e. The molecule has 0 heterocycles. The molecule has 1 N–H and O–H groups in total. The molecule has 208 valence electrons. The summed E-state index contributed by atoms with van der Waals surface area (Å²) in [6.07, 6.45) is 4.57. The Morgan fingerprint density at radius 1 is 0.750 bits per heavy atom. The highest BCUT2D eigenvalue weighted by Crippen LogP contribution is 2.45. The average molecular weight is 567 g/mol. The minimum Gasteiger partial charge on any atom is -0.376 e. The third-order valence-corrected chi connectivity index (χ3v) is 10.5. The summed E-state index contributed by atoms with van der Waals surface area (Å²) < 4.78 is 2.62. The number of hydrogen-bond acceptors (Lipinski definition) is 3. The van der Waals surface area contributed by atoms with E-state index in [1.165, 1.54) is 55.9 Å². The molecule has 0 radical (unpaired) electrons. The van der Waals surface area contributed by atoms with Crippen molar-refractivity contribution in [2.24, 2.45) is 0 Å². The van der Waals surface area contributed by atoms with Crippen molar-refractivity contribution in [1.82, 2.24) is 0 Å². The zero-order valence-corrected chi connectivity index (χ0v) is 26.8. The van der Waals surface area contributed by atoms with Crippen molar-refractivity contribution in [1.29, 1.82) is 0 Å². The lowest BCUT2D eigenvalue weighted by molar-refractivity contribution is 0.787. The summed E-state index contributed by atoms with van der Waals surface area (Å²) in [5.41, 5.74) is 13.0. The summed E-state index contributed by atoms with van der Waals surface area (Å²) in [6, 6.07) is 30.8. The van der Waals surface area contributed by atoms with Crippen LogP contribution in [0, 0.1) is 41.5 Å². The molecular formula is C36H43N2PS. The molecule has 0 aliphatic heterocycles. The minimum atomic E-state index is 0.143. The first-order valence-corrected chi connectivity index (χ1v) is 16.7. The molecule has 0 bridgehead atoms. The Morgan fingerprint density at radius 3 is 1.85 bits per heavy atom. The molecule has 4 aromatic rings. The van der Waals surface area contributed by atoms with Crippen molar-refractivity contribution >= 4 is 36.8 Å². The summed E-state index contributed by atoms with van der Waals surface area (Å²) in [6.45, 7) is 16.5. The number of rotatable bonds is 11. The third kappa shape index (κ3) is 8.03. The lowest BCUT2D eigenvalue weighted by atomic mass is 10.0. The van der Waals surface area contributed by atoms with Crippen LogP contribution in [0.3, 0.4) is 0 Å². The number of nitrogens with one attached hydrogen (secondary N) is 1. The Morgan fingerprint density at radius 2 is 1.27 bits per heavy atom. The first-order valence-electron chi connectivity index (χ1n) is 14.1. The largest absolute Gasteiger partial charge is 0.376 e.